The largest absolute Gasteiger partial charge is 0.341 e. The minimum atomic E-state index is -0.297. The van der Waals surface area contributed by atoms with Crippen molar-refractivity contribution >= 4 is 68.3 Å². The molecule has 1 aromatic carbocycles. The average molecular weight is 538 g/mol. The van der Waals surface area contributed by atoms with Crippen LogP contribution in [0.25, 0.3) is 10.9 Å². The number of nitrogens with zero attached hydrogens (tertiary/aromatic N) is 4. The van der Waals surface area contributed by atoms with Gasteiger partial charge in [-0.3, -0.25) is 9.59 Å². The number of alkyl halides is 1. The number of carbonyl (C=O) groups is 1. The van der Waals surface area contributed by atoms with Gasteiger partial charge < -0.3 is 14.8 Å². The van der Waals surface area contributed by atoms with E-state index < -0.39 is 0 Å². The number of anilines is 3. The molecule has 0 unspecified atom stereocenters. The summed E-state index contributed by atoms with van der Waals surface area (Å²) in [5.41, 5.74) is 1.37. The Labute approximate surface area is 192 Å². The van der Waals surface area contributed by atoms with E-state index in [2.05, 4.69) is 42.8 Å². The summed E-state index contributed by atoms with van der Waals surface area (Å²) < 4.78 is 2.18. The minimum absolute atomic E-state index is 0.170. The van der Waals surface area contributed by atoms with Gasteiger partial charge >= 0.3 is 0 Å². The lowest BCUT2D eigenvalue weighted by molar-refractivity contribution is 0.101. The number of rotatable bonds is 4. The summed E-state index contributed by atoms with van der Waals surface area (Å²) in [5, 5.41) is 4.45. The van der Waals surface area contributed by atoms with Gasteiger partial charge in [-0.2, -0.15) is 4.98 Å². The van der Waals surface area contributed by atoms with Crippen LogP contribution in [0.2, 0.25) is 5.02 Å². The Morgan fingerprint density at radius 3 is 2.70 bits per heavy atom. The molecule has 3 aromatic rings. The van der Waals surface area contributed by atoms with E-state index in [9.17, 15) is 9.59 Å². The number of hydrogen-bond donors (Lipinski definition) is 1. The molecule has 30 heavy (non-hydrogen) atoms. The van der Waals surface area contributed by atoms with Gasteiger partial charge in [-0.05, 0) is 44.0 Å². The number of pyridine rings is 1. The number of ketones is 1. The third-order valence-electron chi connectivity index (χ3n) is 5.30. The molecule has 3 heterocycles. The molecule has 0 amide bonds. The minimum Gasteiger partial charge on any atom is -0.341 e. The number of hydrogen-bond acceptors (Lipinski definition) is 6. The molecule has 7 nitrogen and oxygen atoms in total. The molecule has 1 N–H and O–H groups in total. The summed E-state index contributed by atoms with van der Waals surface area (Å²) >= 11 is 8.83. The van der Waals surface area contributed by atoms with Gasteiger partial charge in [0.15, 0.2) is 11.6 Å². The van der Waals surface area contributed by atoms with Crippen LogP contribution < -0.4 is 15.8 Å². The maximum atomic E-state index is 12.3. The standard InChI is InChI=1S/C21H21ClIN5O2/c1-12(29)16-10-13-9-15(3-4-18(13)27(2)20(16)30)25-19-17(22)11-24-21(26-19)28-7-5-14(23)6-8-28/h3-4,9-11,14H,5-8H2,1-2H3,(H,24,25,26). The van der Waals surface area contributed by atoms with Crippen LogP contribution in [0.1, 0.15) is 30.1 Å². The molecule has 2 aromatic heterocycles. The predicted octanol–water partition coefficient (Wildman–Crippen LogP) is 4.33. The third-order valence-corrected chi connectivity index (χ3v) is 6.83. The lowest BCUT2D eigenvalue weighted by atomic mass is 10.1. The second kappa shape index (κ2) is 8.50. The van der Waals surface area contributed by atoms with Crippen molar-refractivity contribution in [3.05, 3.63) is 51.4 Å². The molecule has 4 rings (SSSR count). The van der Waals surface area contributed by atoms with E-state index in [1.165, 1.54) is 11.5 Å². The van der Waals surface area contributed by atoms with E-state index in [0.717, 1.165) is 42.5 Å². The summed E-state index contributed by atoms with van der Waals surface area (Å²) in [7, 11) is 1.66. The summed E-state index contributed by atoms with van der Waals surface area (Å²) in [6.45, 7) is 3.24. The first kappa shape index (κ1) is 21.0. The van der Waals surface area contributed by atoms with Crippen LogP contribution >= 0.6 is 34.2 Å². The summed E-state index contributed by atoms with van der Waals surface area (Å²) in [5.74, 6) is 0.927. The van der Waals surface area contributed by atoms with Gasteiger partial charge in [-0.25, -0.2) is 4.98 Å². The molecule has 1 saturated heterocycles. The number of aryl methyl sites for hydroxylation is 1. The highest BCUT2D eigenvalue weighted by atomic mass is 127. The van der Waals surface area contributed by atoms with Crippen LogP contribution in [0, 0.1) is 0 Å². The molecule has 0 spiro atoms. The van der Waals surface area contributed by atoms with Gasteiger partial charge in [0.25, 0.3) is 5.56 Å². The average Bonchev–Trinajstić information content (AvgIpc) is 2.72. The summed E-state index contributed by atoms with van der Waals surface area (Å²) in [6.07, 6.45) is 3.83. The second-order valence-corrected chi connectivity index (χ2v) is 9.57. The first-order valence-corrected chi connectivity index (χ1v) is 11.3. The lowest BCUT2D eigenvalue weighted by Gasteiger charge is -2.29. The Kier molecular flexibility index (Phi) is 5.97. The van der Waals surface area contributed by atoms with Crippen molar-refractivity contribution in [2.75, 3.05) is 23.3 Å². The van der Waals surface area contributed by atoms with Gasteiger partial charge in [0.2, 0.25) is 5.95 Å². The summed E-state index contributed by atoms with van der Waals surface area (Å²) in [6, 6.07) is 7.20. The highest BCUT2D eigenvalue weighted by Crippen LogP contribution is 2.28. The van der Waals surface area contributed by atoms with Crippen LogP contribution in [0.3, 0.4) is 0 Å². The van der Waals surface area contributed by atoms with Crippen molar-refractivity contribution in [3.8, 4) is 0 Å². The van der Waals surface area contributed by atoms with Crippen LogP contribution in [0.5, 0.6) is 0 Å². The zero-order chi connectivity index (χ0) is 21.4. The highest BCUT2D eigenvalue weighted by Gasteiger charge is 2.20. The van der Waals surface area contributed by atoms with Crippen LogP contribution in [-0.2, 0) is 7.05 Å². The Balaban J connectivity index is 1.67. The molecule has 0 radical (unpaired) electrons. The molecule has 156 valence electrons. The molecule has 1 aliphatic heterocycles. The maximum absolute atomic E-state index is 12.3. The molecular weight excluding hydrogens is 517 g/mol. The Hall–Kier alpha value is -2.20. The number of carbonyl (C=O) groups excluding carboxylic acids is 1. The smallest absolute Gasteiger partial charge is 0.261 e. The number of Topliss-reactive ketones (excluding diaryl/α,β-unsaturated/α-hetero) is 1. The number of aromatic nitrogens is 3. The molecule has 0 aliphatic carbocycles. The number of halogens is 2. The van der Waals surface area contributed by atoms with E-state index in [1.54, 1.807) is 19.3 Å². The topological polar surface area (TPSA) is 80.1 Å². The molecule has 0 bridgehead atoms. The van der Waals surface area contributed by atoms with Crippen molar-refractivity contribution in [3.63, 3.8) is 0 Å². The Bertz CT molecular complexity index is 1190. The van der Waals surface area contributed by atoms with Gasteiger partial charge in [0.05, 0.1) is 17.3 Å². The zero-order valence-corrected chi connectivity index (χ0v) is 19.6. The maximum Gasteiger partial charge on any atom is 0.261 e. The normalized spacial score (nSPS) is 14.9. The molecule has 0 atom stereocenters. The van der Waals surface area contributed by atoms with Crippen LogP contribution in [0.15, 0.2) is 35.3 Å². The van der Waals surface area contributed by atoms with Gasteiger partial charge in [-0.15, -0.1) is 0 Å². The molecule has 0 saturated carbocycles. The van der Waals surface area contributed by atoms with Crippen molar-refractivity contribution in [1.29, 1.82) is 0 Å². The van der Waals surface area contributed by atoms with Gasteiger partial charge in [0, 0.05) is 35.1 Å². The number of fused-ring (bicyclic) bond motifs is 1. The summed E-state index contributed by atoms with van der Waals surface area (Å²) in [4.78, 5) is 35.4. The second-order valence-electron chi connectivity index (χ2n) is 7.41. The third kappa shape index (κ3) is 4.15. The fraction of sp³-hybridized carbons (Fsp3) is 0.333. The Morgan fingerprint density at radius 1 is 1.27 bits per heavy atom. The number of benzene rings is 1. The predicted molar refractivity (Wildman–Crippen MR) is 129 cm³/mol. The van der Waals surface area contributed by atoms with E-state index in [1.807, 2.05) is 18.2 Å². The SMILES string of the molecule is CC(=O)c1cc2cc(Nc3nc(N4CCC(I)CC4)ncc3Cl)ccc2n(C)c1=O. The number of nitrogens with one attached hydrogen (secondary N) is 1. The first-order chi connectivity index (χ1) is 14.3. The van der Waals surface area contributed by atoms with Crippen molar-refractivity contribution < 1.29 is 4.79 Å². The van der Waals surface area contributed by atoms with E-state index in [0.29, 0.717) is 20.7 Å². The van der Waals surface area contributed by atoms with Gasteiger partial charge in [0.1, 0.15) is 5.02 Å². The van der Waals surface area contributed by atoms with E-state index in [-0.39, 0.29) is 16.9 Å². The quantitative estimate of drug-likeness (QED) is 0.303. The van der Waals surface area contributed by atoms with Crippen molar-refractivity contribution in [2.45, 2.75) is 23.7 Å². The highest BCUT2D eigenvalue weighted by molar-refractivity contribution is 14.1. The molecule has 9 heteroatoms. The van der Waals surface area contributed by atoms with Crippen molar-refractivity contribution in [1.82, 2.24) is 14.5 Å². The fourth-order valence-corrected chi connectivity index (χ4v) is 4.29. The molecular formula is C21H21ClIN5O2. The zero-order valence-electron chi connectivity index (χ0n) is 16.7. The van der Waals surface area contributed by atoms with Crippen molar-refractivity contribution in [2.24, 2.45) is 7.05 Å². The van der Waals surface area contributed by atoms with Crippen LogP contribution in [-0.4, -0.2) is 37.3 Å². The van der Waals surface area contributed by atoms with Gasteiger partial charge in [-0.1, -0.05) is 34.2 Å². The first-order valence-electron chi connectivity index (χ1n) is 9.67. The lowest BCUT2D eigenvalue weighted by Crippen LogP contribution is -2.35. The van der Waals surface area contributed by atoms with E-state index in [4.69, 9.17) is 11.6 Å². The fourth-order valence-electron chi connectivity index (χ4n) is 3.60. The number of piperidine rings is 1. The van der Waals surface area contributed by atoms with Crippen LogP contribution in [0.4, 0.5) is 17.5 Å². The molecule has 1 aliphatic rings. The monoisotopic (exact) mass is 537 g/mol. The Morgan fingerprint density at radius 2 is 2.00 bits per heavy atom. The molecule has 1 fully saturated rings. The van der Waals surface area contributed by atoms with E-state index >= 15 is 0 Å².